The summed E-state index contributed by atoms with van der Waals surface area (Å²) in [4.78, 5) is 45.3. The average molecular weight is 634 g/mol. The van der Waals surface area contributed by atoms with Crippen LogP contribution in [0.15, 0.2) is 49.6 Å². The van der Waals surface area contributed by atoms with Crippen molar-refractivity contribution in [3.8, 4) is 5.75 Å². The molecule has 7 atom stereocenters. The van der Waals surface area contributed by atoms with Gasteiger partial charge in [0.2, 0.25) is 5.91 Å². The molecule has 2 amide bonds. The third kappa shape index (κ3) is 5.70. The number of anilines is 1. The van der Waals surface area contributed by atoms with Gasteiger partial charge in [-0.3, -0.25) is 14.4 Å². The first-order valence-corrected chi connectivity index (χ1v) is 15.1. The molecule has 1 aromatic carbocycles. The fourth-order valence-electron chi connectivity index (χ4n) is 6.69. The van der Waals surface area contributed by atoms with Crippen LogP contribution in [-0.2, 0) is 23.9 Å². The number of ether oxygens (including phenoxy) is 3. The predicted octanol–water partition coefficient (Wildman–Crippen LogP) is 3.88. The molecule has 1 aromatic rings. The van der Waals surface area contributed by atoms with Gasteiger partial charge in [-0.1, -0.05) is 41.9 Å². The summed E-state index contributed by atoms with van der Waals surface area (Å²) in [6, 6.07) is 5.39. The lowest BCUT2D eigenvalue weighted by Crippen LogP contribution is -2.59. The number of fused-ring (bicyclic) bond motifs is 1. The van der Waals surface area contributed by atoms with Crippen LogP contribution in [0.3, 0.4) is 0 Å². The maximum Gasteiger partial charge on any atom is 0.312 e. The fourth-order valence-corrected chi connectivity index (χ4v) is 7.63. The normalized spacial score (nSPS) is 28.9. The Labute approximate surface area is 250 Å². The second kappa shape index (κ2) is 13.1. The van der Waals surface area contributed by atoms with E-state index >= 15 is 0 Å². The van der Waals surface area contributed by atoms with Crippen molar-refractivity contribution in [3.05, 3.63) is 49.6 Å². The Morgan fingerprint density at radius 2 is 1.98 bits per heavy atom. The van der Waals surface area contributed by atoms with Crippen molar-refractivity contribution in [3.63, 3.8) is 0 Å². The molecule has 3 saturated heterocycles. The molecule has 0 aliphatic carbocycles. The molecule has 3 unspecified atom stereocenters. The summed E-state index contributed by atoms with van der Waals surface area (Å²) >= 11 is 3.69. The number of aliphatic hydroxyl groups excluding tert-OH is 1. The van der Waals surface area contributed by atoms with E-state index in [1.807, 2.05) is 13.8 Å². The Morgan fingerprint density at radius 3 is 2.56 bits per heavy atom. The van der Waals surface area contributed by atoms with E-state index in [1.54, 1.807) is 48.4 Å². The van der Waals surface area contributed by atoms with Gasteiger partial charge in [-0.15, -0.1) is 13.2 Å². The van der Waals surface area contributed by atoms with Crippen molar-refractivity contribution in [1.29, 1.82) is 0 Å². The molecule has 3 heterocycles. The number of alkyl halides is 1. The molecule has 3 aliphatic heterocycles. The number of carbonyl (C=O) groups is 3. The van der Waals surface area contributed by atoms with Gasteiger partial charge in [0.1, 0.15) is 17.4 Å². The Morgan fingerprint density at radius 1 is 1.27 bits per heavy atom. The summed E-state index contributed by atoms with van der Waals surface area (Å²) in [5.41, 5.74) is -0.651. The van der Waals surface area contributed by atoms with E-state index in [9.17, 15) is 19.5 Å². The number of hydrogen-bond acceptors (Lipinski definition) is 7. The lowest BCUT2D eigenvalue weighted by molar-refractivity contribution is -0.155. The first-order valence-electron chi connectivity index (χ1n) is 14.2. The highest BCUT2D eigenvalue weighted by molar-refractivity contribution is 9.09. The molecule has 0 radical (unpaired) electrons. The Balaban J connectivity index is 1.78. The summed E-state index contributed by atoms with van der Waals surface area (Å²) in [5, 5.41) is 10.5. The number of amides is 2. The van der Waals surface area contributed by atoms with Crippen molar-refractivity contribution >= 4 is 39.4 Å². The first-order chi connectivity index (χ1) is 19.6. The van der Waals surface area contributed by atoms with Gasteiger partial charge in [0.25, 0.3) is 5.91 Å². The Hall–Kier alpha value is -2.69. The molecule has 3 fully saturated rings. The number of nitrogens with zero attached hydrogens (tertiary/aromatic N) is 2. The molecule has 41 heavy (non-hydrogen) atoms. The molecule has 1 N–H and O–H groups in total. The van der Waals surface area contributed by atoms with Crippen LogP contribution >= 0.6 is 15.9 Å². The summed E-state index contributed by atoms with van der Waals surface area (Å²) < 4.78 is 17.5. The van der Waals surface area contributed by atoms with Gasteiger partial charge in [-0.2, -0.15) is 0 Å². The molecule has 4 rings (SSSR count). The molecule has 2 bridgehead atoms. The minimum Gasteiger partial charge on any atom is -0.497 e. The van der Waals surface area contributed by atoms with Crippen molar-refractivity contribution in [1.82, 2.24) is 4.90 Å². The van der Waals surface area contributed by atoms with Gasteiger partial charge in [0.15, 0.2) is 0 Å². The standard InChI is InChI=1S/C31H41BrN2O7/c1-6-8-9-15-40-30(38)24-25-28(36)34(21(18-35)16-19(3)4)27(31(25)17-23(32)26(24)41-31)29(37)33(14-7-2)20-10-12-22(39-5)13-11-20/h6-7,10-13,19,21,23-27,35H,1-2,8-9,14-18H2,3-5H3/t21-,23?,24-,25+,26-,27?,31?/m1/s1. The van der Waals surface area contributed by atoms with Crippen molar-refractivity contribution in [2.75, 3.05) is 31.8 Å². The number of likely N-dealkylation sites (tertiary alicyclic amines) is 1. The molecule has 1 spiro atoms. The quantitative estimate of drug-likeness (QED) is 0.144. The topological polar surface area (TPSA) is 106 Å². The predicted molar refractivity (Wildman–Crippen MR) is 159 cm³/mol. The van der Waals surface area contributed by atoms with E-state index in [2.05, 4.69) is 29.1 Å². The highest BCUT2D eigenvalue weighted by Gasteiger charge is 2.77. The van der Waals surface area contributed by atoms with E-state index in [4.69, 9.17) is 14.2 Å². The van der Waals surface area contributed by atoms with Gasteiger partial charge >= 0.3 is 5.97 Å². The van der Waals surface area contributed by atoms with E-state index in [-0.39, 0.29) is 42.3 Å². The van der Waals surface area contributed by atoms with Crippen LogP contribution in [0.25, 0.3) is 0 Å². The summed E-state index contributed by atoms with van der Waals surface area (Å²) in [6.07, 6.45) is 4.95. The number of allylic oxidation sites excluding steroid dienone is 1. The smallest absolute Gasteiger partial charge is 0.312 e. The Bertz CT molecular complexity index is 1140. The van der Waals surface area contributed by atoms with Crippen LogP contribution in [0.5, 0.6) is 5.75 Å². The lowest BCUT2D eigenvalue weighted by Gasteiger charge is -2.39. The number of carbonyl (C=O) groups excluding carboxylic acids is 3. The second-order valence-electron chi connectivity index (χ2n) is 11.4. The number of halogens is 1. The minimum absolute atomic E-state index is 0.145. The van der Waals surface area contributed by atoms with Crippen LogP contribution in [0.1, 0.15) is 39.5 Å². The van der Waals surface area contributed by atoms with E-state index in [0.717, 1.165) is 0 Å². The molecule has 0 aromatic heterocycles. The van der Waals surface area contributed by atoms with Gasteiger partial charge in [0.05, 0.1) is 44.3 Å². The molecule has 0 saturated carbocycles. The van der Waals surface area contributed by atoms with Gasteiger partial charge in [-0.05, 0) is 55.9 Å². The number of unbranched alkanes of at least 4 members (excludes halogenated alkanes) is 1. The zero-order chi connectivity index (χ0) is 29.9. The number of rotatable bonds is 14. The zero-order valence-electron chi connectivity index (χ0n) is 24.0. The van der Waals surface area contributed by atoms with E-state index < -0.39 is 41.6 Å². The largest absolute Gasteiger partial charge is 0.497 e. The molecule has 3 aliphatic rings. The van der Waals surface area contributed by atoms with E-state index in [0.29, 0.717) is 37.1 Å². The highest BCUT2D eigenvalue weighted by Crippen LogP contribution is 2.61. The lowest BCUT2D eigenvalue weighted by atomic mass is 9.70. The molecule has 10 heteroatoms. The second-order valence-corrected chi connectivity index (χ2v) is 12.6. The third-order valence-electron chi connectivity index (χ3n) is 8.34. The first kappa shape index (κ1) is 31.3. The average Bonchev–Trinajstić information content (AvgIpc) is 3.55. The van der Waals surface area contributed by atoms with Gasteiger partial charge in [0, 0.05) is 17.1 Å². The highest BCUT2D eigenvalue weighted by atomic mass is 79.9. The van der Waals surface area contributed by atoms with Crippen LogP contribution in [0, 0.1) is 17.8 Å². The maximum absolute atomic E-state index is 14.7. The summed E-state index contributed by atoms with van der Waals surface area (Å²) in [7, 11) is 1.57. The maximum atomic E-state index is 14.7. The van der Waals surface area contributed by atoms with Crippen LogP contribution in [0.4, 0.5) is 5.69 Å². The summed E-state index contributed by atoms with van der Waals surface area (Å²) in [5.74, 6) is -2.19. The number of esters is 1. The molecular formula is C31H41BrN2O7. The molecule has 9 nitrogen and oxygen atoms in total. The van der Waals surface area contributed by atoms with Crippen molar-refractivity contribution < 1.29 is 33.7 Å². The van der Waals surface area contributed by atoms with Crippen molar-refractivity contribution in [2.24, 2.45) is 17.8 Å². The van der Waals surface area contributed by atoms with Gasteiger partial charge < -0.3 is 29.1 Å². The van der Waals surface area contributed by atoms with Crippen molar-refractivity contribution in [2.45, 2.75) is 68.1 Å². The Kier molecular flexibility index (Phi) is 9.97. The molecular weight excluding hydrogens is 592 g/mol. The summed E-state index contributed by atoms with van der Waals surface area (Å²) in [6.45, 7) is 11.6. The van der Waals surface area contributed by atoms with Crippen LogP contribution < -0.4 is 9.64 Å². The zero-order valence-corrected chi connectivity index (χ0v) is 25.6. The third-order valence-corrected chi connectivity index (χ3v) is 9.18. The van der Waals surface area contributed by atoms with Crippen LogP contribution in [-0.4, -0.2) is 83.3 Å². The van der Waals surface area contributed by atoms with Gasteiger partial charge in [-0.25, -0.2) is 0 Å². The van der Waals surface area contributed by atoms with Crippen LogP contribution in [0.2, 0.25) is 0 Å². The number of methoxy groups -OCH3 is 1. The minimum atomic E-state index is -1.26. The molecule has 224 valence electrons. The monoisotopic (exact) mass is 632 g/mol. The SMILES string of the molecule is C=CCCCOC(=O)[C@H]1[C@@H]2OC3(CC2Br)C(C(=O)N(CC=C)c2ccc(OC)cc2)N([C@@H](CO)CC(C)C)C(=O)[C@H]13. The van der Waals surface area contributed by atoms with E-state index in [1.165, 1.54) is 4.90 Å². The number of aliphatic hydroxyl groups is 1. The fraction of sp³-hybridized carbons (Fsp3) is 0.581. The number of benzene rings is 1. The number of hydrogen-bond donors (Lipinski definition) is 1.